The Balaban J connectivity index is 1.50. The highest BCUT2D eigenvalue weighted by Gasteiger charge is 2.23. The molecule has 3 aromatic heterocycles. The maximum Gasteiger partial charge on any atom is 0.258 e. The molecule has 0 N–H and O–H groups in total. The van der Waals surface area contributed by atoms with Crippen LogP contribution in [0, 0.1) is 5.92 Å². The monoisotopic (exact) mass is 352 g/mol. The molecule has 0 atom stereocenters. The van der Waals surface area contributed by atoms with E-state index in [4.69, 9.17) is 16.1 Å². The lowest BCUT2D eigenvalue weighted by Crippen LogP contribution is -2.01. The van der Waals surface area contributed by atoms with Gasteiger partial charge in [0.1, 0.15) is 10.7 Å². The standard InChI is InChI=1S/C17H13ClN6O/c18-15-12(2-1-7-19-15)16-20-17(25-22-16)11-5-6-14-13(8-11)21-23-24(14)9-10-3-4-10/h1-2,5-8,10H,3-4,9H2. The average Bonchev–Trinajstić information content (AvgIpc) is 3.16. The van der Waals surface area contributed by atoms with E-state index in [2.05, 4.69) is 25.4 Å². The number of pyridine rings is 1. The molecule has 0 spiro atoms. The van der Waals surface area contributed by atoms with Crippen LogP contribution < -0.4 is 0 Å². The van der Waals surface area contributed by atoms with Gasteiger partial charge < -0.3 is 4.52 Å². The molecule has 3 heterocycles. The molecule has 25 heavy (non-hydrogen) atoms. The molecule has 8 heteroatoms. The molecule has 1 aliphatic rings. The summed E-state index contributed by atoms with van der Waals surface area (Å²) in [7, 11) is 0. The van der Waals surface area contributed by atoms with Crippen molar-refractivity contribution in [2.24, 2.45) is 5.92 Å². The zero-order valence-electron chi connectivity index (χ0n) is 13.1. The normalized spacial score (nSPS) is 14.3. The summed E-state index contributed by atoms with van der Waals surface area (Å²) in [4.78, 5) is 8.46. The molecule has 7 nitrogen and oxygen atoms in total. The van der Waals surface area contributed by atoms with Crippen molar-refractivity contribution in [1.82, 2.24) is 30.1 Å². The van der Waals surface area contributed by atoms with Crippen molar-refractivity contribution in [3.05, 3.63) is 41.7 Å². The quantitative estimate of drug-likeness (QED) is 0.522. The van der Waals surface area contributed by atoms with Crippen molar-refractivity contribution in [1.29, 1.82) is 0 Å². The summed E-state index contributed by atoms with van der Waals surface area (Å²) in [5.74, 6) is 1.56. The predicted octanol–water partition coefficient (Wildman–Crippen LogP) is 3.61. The third-order valence-electron chi connectivity index (χ3n) is 4.31. The van der Waals surface area contributed by atoms with Gasteiger partial charge in [0.05, 0.1) is 11.1 Å². The van der Waals surface area contributed by atoms with Crippen LogP contribution in [0.1, 0.15) is 12.8 Å². The lowest BCUT2D eigenvalue weighted by atomic mass is 10.2. The first-order chi connectivity index (χ1) is 12.3. The predicted molar refractivity (Wildman–Crippen MR) is 91.8 cm³/mol. The smallest absolute Gasteiger partial charge is 0.258 e. The van der Waals surface area contributed by atoms with E-state index in [0.717, 1.165) is 29.1 Å². The van der Waals surface area contributed by atoms with Gasteiger partial charge in [0, 0.05) is 18.3 Å². The molecule has 1 fully saturated rings. The van der Waals surface area contributed by atoms with E-state index >= 15 is 0 Å². The minimum atomic E-state index is 0.341. The summed E-state index contributed by atoms with van der Waals surface area (Å²) in [6.07, 6.45) is 4.17. The Bertz CT molecular complexity index is 1070. The van der Waals surface area contributed by atoms with E-state index in [1.165, 1.54) is 12.8 Å². The summed E-state index contributed by atoms with van der Waals surface area (Å²) in [5.41, 5.74) is 3.27. The number of nitrogens with zero attached hydrogens (tertiary/aromatic N) is 6. The lowest BCUT2D eigenvalue weighted by molar-refractivity contribution is 0.432. The fourth-order valence-corrected chi connectivity index (χ4v) is 2.99. The second-order valence-corrected chi connectivity index (χ2v) is 6.54. The second-order valence-electron chi connectivity index (χ2n) is 6.18. The summed E-state index contributed by atoms with van der Waals surface area (Å²) in [6.45, 7) is 0.931. The number of aromatic nitrogens is 6. The third kappa shape index (κ3) is 2.66. The van der Waals surface area contributed by atoms with Crippen LogP contribution in [0.25, 0.3) is 33.9 Å². The SMILES string of the molecule is Clc1ncccc1-c1noc(-c2ccc3c(c2)nnn3CC2CC2)n1. The van der Waals surface area contributed by atoms with Crippen molar-refractivity contribution in [2.75, 3.05) is 0 Å². The molecule has 0 amide bonds. The van der Waals surface area contributed by atoms with Gasteiger partial charge in [-0.25, -0.2) is 9.67 Å². The highest BCUT2D eigenvalue weighted by Crippen LogP contribution is 2.32. The average molecular weight is 353 g/mol. The van der Waals surface area contributed by atoms with Crippen molar-refractivity contribution in [3.63, 3.8) is 0 Å². The summed E-state index contributed by atoms with van der Waals surface area (Å²) in [6, 6.07) is 9.43. The van der Waals surface area contributed by atoms with Crippen LogP contribution in [0.2, 0.25) is 5.15 Å². The molecule has 1 aliphatic carbocycles. The minimum absolute atomic E-state index is 0.341. The maximum atomic E-state index is 6.09. The first-order valence-corrected chi connectivity index (χ1v) is 8.44. The first-order valence-electron chi connectivity index (χ1n) is 8.06. The fraction of sp³-hybridized carbons (Fsp3) is 0.235. The van der Waals surface area contributed by atoms with Crippen LogP contribution in [0.15, 0.2) is 41.1 Å². The molecule has 0 aliphatic heterocycles. The summed E-state index contributed by atoms with van der Waals surface area (Å²) in [5, 5.41) is 12.9. The molecule has 1 aromatic carbocycles. The van der Waals surface area contributed by atoms with Gasteiger partial charge in [-0.2, -0.15) is 4.98 Å². The van der Waals surface area contributed by atoms with Gasteiger partial charge in [-0.1, -0.05) is 22.0 Å². The van der Waals surface area contributed by atoms with Gasteiger partial charge in [0.25, 0.3) is 5.89 Å². The van der Waals surface area contributed by atoms with E-state index in [1.807, 2.05) is 22.9 Å². The highest BCUT2D eigenvalue weighted by atomic mass is 35.5. The largest absolute Gasteiger partial charge is 0.334 e. The zero-order chi connectivity index (χ0) is 16.8. The first kappa shape index (κ1) is 14.5. The van der Waals surface area contributed by atoms with Crippen molar-refractivity contribution >= 4 is 22.6 Å². The molecule has 0 saturated heterocycles. The van der Waals surface area contributed by atoms with Crippen LogP contribution in [0.3, 0.4) is 0 Å². The van der Waals surface area contributed by atoms with Gasteiger partial charge in [0.15, 0.2) is 0 Å². The Labute approximate surface area is 147 Å². The topological polar surface area (TPSA) is 82.5 Å². The molecule has 0 radical (unpaired) electrons. The van der Waals surface area contributed by atoms with Crippen LogP contribution >= 0.6 is 11.6 Å². The molecule has 0 unspecified atom stereocenters. The summed E-state index contributed by atoms with van der Waals surface area (Å²) >= 11 is 6.09. The maximum absolute atomic E-state index is 6.09. The van der Waals surface area contributed by atoms with Gasteiger partial charge in [-0.05, 0) is 49.1 Å². The second kappa shape index (κ2) is 5.63. The molecule has 0 bridgehead atoms. The van der Waals surface area contributed by atoms with Crippen LogP contribution in [0.5, 0.6) is 0 Å². The minimum Gasteiger partial charge on any atom is -0.334 e. The lowest BCUT2D eigenvalue weighted by Gasteiger charge is -2.00. The number of rotatable bonds is 4. The van der Waals surface area contributed by atoms with Crippen molar-refractivity contribution in [2.45, 2.75) is 19.4 Å². The van der Waals surface area contributed by atoms with E-state index in [1.54, 1.807) is 18.3 Å². The Morgan fingerprint density at radius 2 is 2.16 bits per heavy atom. The number of hydrogen-bond donors (Lipinski definition) is 0. The molecule has 4 aromatic rings. The summed E-state index contributed by atoms with van der Waals surface area (Å²) < 4.78 is 7.35. The number of hydrogen-bond acceptors (Lipinski definition) is 6. The van der Waals surface area contributed by atoms with Crippen LogP contribution in [-0.2, 0) is 6.54 Å². The number of benzene rings is 1. The Kier molecular flexibility index (Phi) is 3.27. The Hall–Kier alpha value is -2.80. The Morgan fingerprint density at radius 1 is 1.24 bits per heavy atom. The number of fused-ring (bicyclic) bond motifs is 1. The number of halogens is 1. The van der Waals surface area contributed by atoms with E-state index in [0.29, 0.717) is 22.4 Å². The highest BCUT2D eigenvalue weighted by molar-refractivity contribution is 6.31. The van der Waals surface area contributed by atoms with Crippen molar-refractivity contribution < 1.29 is 4.52 Å². The van der Waals surface area contributed by atoms with E-state index in [-0.39, 0.29) is 0 Å². The van der Waals surface area contributed by atoms with Gasteiger partial charge in [0.2, 0.25) is 5.82 Å². The van der Waals surface area contributed by atoms with E-state index in [9.17, 15) is 0 Å². The fourth-order valence-electron chi connectivity index (χ4n) is 2.79. The van der Waals surface area contributed by atoms with Gasteiger partial charge in [-0.3, -0.25) is 0 Å². The van der Waals surface area contributed by atoms with Gasteiger partial charge >= 0.3 is 0 Å². The molecule has 124 valence electrons. The molecule has 5 rings (SSSR count). The van der Waals surface area contributed by atoms with Gasteiger partial charge in [-0.15, -0.1) is 5.10 Å². The third-order valence-corrected chi connectivity index (χ3v) is 4.62. The molecular weight excluding hydrogens is 340 g/mol. The zero-order valence-corrected chi connectivity index (χ0v) is 13.9. The molecular formula is C17H13ClN6O. The molecule has 1 saturated carbocycles. The van der Waals surface area contributed by atoms with E-state index < -0.39 is 0 Å². The van der Waals surface area contributed by atoms with Crippen LogP contribution in [0.4, 0.5) is 0 Å². The van der Waals surface area contributed by atoms with Crippen LogP contribution in [-0.4, -0.2) is 30.1 Å². The Morgan fingerprint density at radius 3 is 3.00 bits per heavy atom. The van der Waals surface area contributed by atoms with Crippen molar-refractivity contribution in [3.8, 4) is 22.8 Å².